The minimum atomic E-state index is 0. The molecule has 0 unspecified atom stereocenters. The molecule has 118 valence electrons. The number of rotatable bonds is 3. The van der Waals surface area contributed by atoms with Gasteiger partial charge in [-0.3, -0.25) is 9.69 Å². The van der Waals surface area contributed by atoms with Crippen molar-refractivity contribution in [2.24, 2.45) is 0 Å². The van der Waals surface area contributed by atoms with E-state index in [1.165, 1.54) is 16.9 Å². The Bertz CT molecular complexity index is 612. The van der Waals surface area contributed by atoms with Gasteiger partial charge in [-0.2, -0.15) is 0 Å². The second kappa shape index (κ2) is 8.11. The number of piperazine rings is 1. The maximum absolute atomic E-state index is 12.4. The van der Waals surface area contributed by atoms with Crippen molar-refractivity contribution in [1.29, 1.82) is 0 Å². The van der Waals surface area contributed by atoms with Gasteiger partial charge in [-0.25, -0.2) is 0 Å². The highest BCUT2D eigenvalue weighted by atomic mass is 79.9. The summed E-state index contributed by atoms with van der Waals surface area (Å²) >= 11 is 4.91. The van der Waals surface area contributed by atoms with Crippen LogP contribution >= 0.6 is 27.3 Å². The molecule has 0 aliphatic carbocycles. The molecule has 1 aromatic heterocycles. The molecule has 22 heavy (non-hydrogen) atoms. The molecule has 1 aliphatic rings. The van der Waals surface area contributed by atoms with Crippen molar-refractivity contribution in [2.75, 3.05) is 26.2 Å². The number of hydrogen-bond donors (Lipinski definition) is 0. The first-order valence-electron chi connectivity index (χ1n) is 7.02. The summed E-state index contributed by atoms with van der Waals surface area (Å²) in [5, 5.41) is 1.96. The molecule has 0 atom stereocenters. The van der Waals surface area contributed by atoms with Crippen LogP contribution < -0.4 is 12.4 Å². The molecule has 2 aromatic rings. The molecule has 1 fully saturated rings. The van der Waals surface area contributed by atoms with Crippen LogP contribution in [0.15, 0.2) is 46.3 Å². The van der Waals surface area contributed by atoms with Crippen LogP contribution in [0.3, 0.4) is 0 Å². The summed E-state index contributed by atoms with van der Waals surface area (Å²) in [6.07, 6.45) is 0. The summed E-state index contributed by atoms with van der Waals surface area (Å²) in [7, 11) is 0. The van der Waals surface area contributed by atoms with Crippen molar-refractivity contribution < 1.29 is 17.2 Å². The topological polar surface area (TPSA) is 23.6 Å². The Labute approximate surface area is 149 Å². The van der Waals surface area contributed by atoms with Crippen LogP contribution in [-0.4, -0.2) is 41.9 Å². The first kappa shape index (κ1) is 17.5. The van der Waals surface area contributed by atoms with Crippen LogP contribution in [0.2, 0.25) is 0 Å². The van der Waals surface area contributed by atoms with Gasteiger partial charge in [-0.15, -0.1) is 11.3 Å². The van der Waals surface area contributed by atoms with Crippen molar-refractivity contribution in [3.05, 3.63) is 56.7 Å². The van der Waals surface area contributed by atoms with Crippen molar-refractivity contribution in [2.45, 2.75) is 6.54 Å². The van der Waals surface area contributed by atoms with Gasteiger partial charge < -0.3 is 17.3 Å². The smallest absolute Gasteiger partial charge is 0.264 e. The quantitative estimate of drug-likeness (QED) is 0.748. The summed E-state index contributed by atoms with van der Waals surface area (Å²) in [4.78, 5) is 17.6. The number of thiophene rings is 1. The third-order valence-corrected chi connectivity index (χ3v) is 5.37. The lowest BCUT2D eigenvalue weighted by Gasteiger charge is -2.34. The lowest BCUT2D eigenvalue weighted by atomic mass is 10.2. The summed E-state index contributed by atoms with van der Waals surface area (Å²) in [5.74, 6) is 0.157. The molecule has 3 rings (SSSR count). The number of carbonyl (C=O) groups is 1. The van der Waals surface area contributed by atoms with Crippen LogP contribution in [-0.2, 0) is 6.54 Å². The van der Waals surface area contributed by atoms with E-state index in [1.54, 1.807) is 0 Å². The molecular weight excluding hydrogens is 384 g/mol. The van der Waals surface area contributed by atoms with Crippen molar-refractivity contribution in [1.82, 2.24) is 9.80 Å². The van der Waals surface area contributed by atoms with Crippen LogP contribution in [0.4, 0.5) is 0 Å². The van der Waals surface area contributed by atoms with Gasteiger partial charge in [0, 0.05) is 42.6 Å². The largest absolute Gasteiger partial charge is 1.00 e. The van der Waals surface area contributed by atoms with Crippen LogP contribution in [0.5, 0.6) is 0 Å². The predicted octanol–water partition coefficient (Wildman–Crippen LogP) is 0.473. The molecule has 1 aliphatic heterocycles. The average molecular weight is 401 g/mol. The van der Waals surface area contributed by atoms with Gasteiger partial charge in [-0.1, -0.05) is 30.3 Å². The SMILES string of the molecule is O=C(c1cc(Br)cs1)N1CCN(Cc2ccccc2)CC1.[Cl-]. The highest BCUT2D eigenvalue weighted by Gasteiger charge is 2.22. The first-order valence-corrected chi connectivity index (χ1v) is 8.69. The summed E-state index contributed by atoms with van der Waals surface area (Å²) in [5.41, 5.74) is 1.33. The van der Waals surface area contributed by atoms with E-state index in [0.29, 0.717) is 0 Å². The van der Waals surface area contributed by atoms with Gasteiger partial charge in [-0.05, 0) is 27.6 Å². The fourth-order valence-electron chi connectivity index (χ4n) is 2.53. The number of hydrogen-bond acceptors (Lipinski definition) is 3. The molecule has 0 N–H and O–H groups in total. The van der Waals surface area contributed by atoms with E-state index in [-0.39, 0.29) is 18.3 Å². The monoisotopic (exact) mass is 399 g/mol. The van der Waals surface area contributed by atoms with Crippen LogP contribution in [0.1, 0.15) is 15.2 Å². The number of nitrogens with zero attached hydrogens (tertiary/aromatic N) is 2. The molecule has 0 bridgehead atoms. The molecule has 0 radical (unpaired) electrons. The third kappa shape index (κ3) is 4.32. The average Bonchev–Trinajstić information content (AvgIpc) is 2.95. The van der Waals surface area contributed by atoms with Crippen molar-refractivity contribution >= 4 is 33.2 Å². The Morgan fingerprint density at radius 1 is 1.14 bits per heavy atom. The zero-order valence-electron chi connectivity index (χ0n) is 12.0. The Hall–Kier alpha value is -0.880. The van der Waals surface area contributed by atoms with Crippen LogP contribution in [0, 0.1) is 0 Å². The van der Waals surface area contributed by atoms with Gasteiger partial charge in [0.15, 0.2) is 0 Å². The number of amides is 1. The second-order valence-corrected chi connectivity index (χ2v) is 7.01. The summed E-state index contributed by atoms with van der Waals surface area (Å²) < 4.78 is 0.985. The fraction of sp³-hybridized carbons (Fsp3) is 0.312. The highest BCUT2D eigenvalue weighted by molar-refractivity contribution is 9.10. The highest BCUT2D eigenvalue weighted by Crippen LogP contribution is 2.22. The maximum Gasteiger partial charge on any atom is 0.264 e. The second-order valence-electron chi connectivity index (χ2n) is 5.18. The summed E-state index contributed by atoms with van der Waals surface area (Å²) in [6.45, 7) is 4.45. The molecular formula is C16H17BrClN2OS-. The standard InChI is InChI=1S/C16H17BrN2OS.ClH/c17-14-10-15(21-12-14)16(20)19-8-6-18(7-9-19)11-13-4-2-1-3-5-13;/h1-5,10,12H,6-9,11H2;1H/p-1. The minimum Gasteiger partial charge on any atom is -1.00 e. The first-order chi connectivity index (χ1) is 10.2. The Morgan fingerprint density at radius 3 is 2.41 bits per heavy atom. The molecule has 1 aromatic carbocycles. The van der Waals surface area contributed by atoms with E-state index in [2.05, 4.69) is 45.1 Å². The number of halogens is 2. The van der Waals surface area contributed by atoms with Crippen LogP contribution in [0.25, 0.3) is 0 Å². The molecule has 2 heterocycles. The predicted molar refractivity (Wildman–Crippen MR) is 89.6 cm³/mol. The number of benzene rings is 1. The fourth-order valence-corrected chi connectivity index (χ4v) is 3.93. The van der Waals surface area contributed by atoms with Gasteiger partial charge >= 0.3 is 0 Å². The van der Waals surface area contributed by atoms with Crippen molar-refractivity contribution in [3.63, 3.8) is 0 Å². The van der Waals surface area contributed by atoms with Gasteiger partial charge in [0.05, 0.1) is 4.88 Å². The van der Waals surface area contributed by atoms with E-state index in [0.717, 1.165) is 42.1 Å². The molecule has 1 amide bonds. The van der Waals surface area contributed by atoms with Gasteiger partial charge in [0.2, 0.25) is 0 Å². The lowest BCUT2D eigenvalue weighted by molar-refractivity contribution is -0.0000150. The van der Waals surface area contributed by atoms with Crippen molar-refractivity contribution in [3.8, 4) is 0 Å². The molecule has 0 spiro atoms. The zero-order chi connectivity index (χ0) is 14.7. The summed E-state index contributed by atoms with van der Waals surface area (Å²) in [6, 6.07) is 12.4. The number of carbonyl (C=O) groups excluding carboxylic acids is 1. The van der Waals surface area contributed by atoms with E-state index in [1.807, 2.05) is 22.4 Å². The molecule has 1 saturated heterocycles. The van der Waals surface area contributed by atoms with E-state index in [4.69, 9.17) is 0 Å². The molecule has 3 nitrogen and oxygen atoms in total. The molecule has 6 heteroatoms. The third-order valence-electron chi connectivity index (χ3n) is 3.69. The van der Waals surface area contributed by atoms with E-state index in [9.17, 15) is 4.79 Å². The maximum atomic E-state index is 12.4. The lowest BCUT2D eigenvalue weighted by Crippen LogP contribution is -3.00. The van der Waals surface area contributed by atoms with E-state index >= 15 is 0 Å². The normalized spacial score (nSPS) is 15.4. The Morgan fingerprint density at radius 2 is 1.82 bits per heavy atom. The zero-order valence-corrected chi connectivity index (χ0v) is 15.2. The Balaban J connectivity index is 0.00000176. The molecule has 0 saturated carbocycles. The Kier molecular flexibility index (Phi) is 6.44. The minimum absolute atomic E-state index is 0. The van der Waals surface area contributed by atoms with Gasteiger partial charge in [0.1, 0.15) is 0 Å². The van der Waals surface area contributed by atoms with E-state index < -0.39 is 0 Å². The van der Waals surface area contributed by atoms with Gasteiger partial charge in [0.25, 0.3) is 5.91 Å².